The molecule has 3 aromatic rings. The van der Waals surface area contributed by atoms with E-state index in [1.54, 1.807) is 9.81 Å². The maximum absolute atomic E-state index is 2.48. The van der Waals surface area contributed by atoms with Gasteiger partial charge in [0.1, 0.15) is 0 Å². The van der Waals surface area contributed by atoms with Crippen molar-refractivity contribution in [3.05, 3.63) is 79.0 Å². The average molecular weight is 609 g/mol. The minimum absolute atomic E-state index is 0.656. The van der Waals surface area contributed by atoms with Crippen LogP contribution in [0.3, 0.4) is 0 Å². The summed E-state index contributed by atoms with van der Waals surface area (Å²) in [7, 11) is 0. The van der Waals surface area contributed by atoms with E-state index >= 15 is 0 Å². The van der Waals surface area contributed by atoms with Gasteiger partial charge in [0.15, 0.2) is 0 Å². The molecule has 0 radical (unpaired) electrons. The van der Waals surface area contributed by atoms with Gasteiger partial charge < -0.3 is 0 Å². The minimum atomic E-state index is 0.656. The Kier molecular flexibility index (Phi) is 5.37. The van der Waals surface area contributed by atoms with Gasteiger partial charge in [-0.2, -0.15) is 0 Å². The molecule has 0 nitrogen and oxygen atoms in total. The van der Waals surface area contributed by atoms with Gasteiger partial charge >= 0.3 is 0 Å². The molecule has 0 amide bonds. The molecule has 0 spiro atoms. The van der Waals surface area contributed by atoms with Crippen LogP contribution < -0.4 is 0 Å². The first-order valence-corrected chi connectivity index (χ1v) is 18.3. The van der Waals surface area contributed by atoms with Crippen LogP contribution in [-0.4, -0.2) is 0 Å². The fourth-order valence-electron chi connectivity index (χ4n) is 5.26. The highest BCUT2D eigenvalue weighted by Gasteiger charge is 2.37. The first-order valence-electron chi connectivity index (χ1n) is 11.8. The molecule has 3 aliphatic carbocycles. The average Bonchev–Trinajstić information content (AvgIpc) is 3.52. The molecule has 2 unspecified atom stereocenters. The molecular weight excluding hydrogens is 593 g/mol. The van der Waals surface area contributed by atoms with Crippen molar-refractivity contribution >= 4 is 94.1 Å². The largest absolute Gasteiger partial charge is 0.0918 e. The highest BCUT2D eigenvalue weighted by atomic mass is 32.2. The van der Waals surface area contributed by atoms with Gasteiger partial charge in [-0.15, -0.1) is 0 Å². The van der Waals surface area contributed by atoms with Gasteiger partial charge in [-0.3, -0.25) is 0 Å². The van der Waals surface area contributed by atoms with Crippen LogP contribution in [0.5, 0.6) is 0 Å². The summed E-state index contributed by atoms with van der Waals surface area (Å²) in [6.07, 6.45) is 7.59. The summed E-state index contributed by atoms with van der Waals surface area (Å²) < 4.78 is 2.90. The smallest absolute Gasteiger partial charge is 0.0706 e. The highest BCUT2D eigenvalue weighted by molar-refractivity contribution is 8.30. The van der Waals surface area contributed by atoms with E-state index in [-0.39, 0.29) is 0 Å². The summed E-state index contributed by atoms with van der Waals surface area (Å²) in [6.45, 7) is 0. The molecule has 3 aromatic carbocycles. The Balaban J connectivity index is 1.01. The third-order valence-corrected chi connectivity index (χ3v) is 18.0. The van der Waals surface area contributed by atoms with E-state index in [4.69, 9.17) is 0 Å². The highest BCUT2D eigenvalue weighted by Crippen LogP contribution is 2.65. The van der Waals surface area contributed by atoms with Crippen molar-refractivity contribution in [1.82, 2.24) is 0 Å². The van der Waals surface area contributed by atoms with Crippen molar-refractivity contribution in [2.45, 2.75) is 61.8 Å². The second kappa shape index (κ2) is 8.59. The van der Waals surface area contributed by atoms with E-state index < -0.39 is 0 Å². The van der Waals surface area contributed by atoms with E-state index in [1.807, 2.05) is 70.6 Å². The van der Waals surface area contributed by atoms with E-state index in [1.165, 1.54) is 70.3 Å². The van der Waals surface area contributed by atoms with Crippen LogP contribution in [0, 0.1) is 11.8 Å². The van der Waals surface area contributed by atoms with Crippen molar-refractivity contribution in [2.75, 3.05) is 0 Å². The van der Waals surface area contributed by atoms with Gasteiger partial charge in [0.25, 0.3) is 0 Å². The van der Waals surface area contributed by atoms with Crippen molar-refractivity contribution in [3.8, 4) is 0 Å². The standard InChI is InChI=1S/C28H16S8/c1-2-4-16-15(3-1)29-17-9-21-22(10-18(17)30-16)34-27(33-21)28-35-23-11-19-20(12-24(23)36-28)32-26-14-6-5-13(7-8-14)25(26)31-19/h1-6,9-14H,7-8H2. The number of hydrogen-bond acceptors (Lipinski definition) is 8. The summed E-state index contributed by atoms with van der Waals surface area (Å²) in [5.74, 6) is 1.31. The Morgan fingerprint density at radius 1 is 0.417 bits per heavy atom. The maximum atomic E-state index is 2.48. The summed E-state index contributed by atoms with van der Waals surface area (Å²) in [5.41, 5.74) is 0. The van der Waals surface area contributed by atoms with Crippen LogP contribution in [-0.2, 0) is 0 Å². The Hall–Kier alpha value is -0.320. The van der Waals surface area contributed by atoms with Gasteiger partial charge in [-0.05, 0) is 49.2 Å². The monoisotopic (exact) mass is 608 g/mol. The van der Waals surface area contributed by atoms with Crippen LogP contribution in [0.4, 0.5) is 0 Å². The van der Waals surface area contributed by atoms with Gasteiger partial charge in [0, 0.05) is 70.6 Å². The maximum Gasteiger partial charge on any atom is 0.0706 e. The number of benzene rings is 3. The Morgan fingerprint density at radius 3 is 1.17 bits per heavy atom. The zero-order valence-electron chi connectivity index (χ0n) is 18.6. The summed E-state index contributed by atoms with van der Waals surface area (Å²) >= 11 is 15.8. The van der Waals surface area contributed by atoms with Crippen LogP contribution in [0.2, 0.25) is 0 Å². The number of rotatable bonds is 0. The molecule has 0 saturated carbocycles. The third kappa shape index (κ3) is 3.55. The molecule has 4 heterocycles. The molecule has 36 heavy (non-hydrogen) atoms. The number of allylic oxidation sites excluding steroid dienone is 4. The predicted molar refractivity (Wildman–Crippen MR) is 162 cm³/mol. The Morgan fingerprint density at radius 2 is 0.778 bits per heavy atom. The van der Waals surface area contributed by atoms with Crippen LogP contribution >= 0.6 is 94.1 Å². The van der Waals surface area contributed by atoms with Gasteiger partial charge in [-0.25, -0.2) is 0 Å². The topological polar surface area (TPSA) is 0 Å². The minimum Gasteiger partial charge on any atom is -0.0918 e. The molecule has 8 heteroatoms. The Bertz CT molecular complexity index is 1500. The predicted octanol–water partition coefficient (Wildman–Crippen LogP) is 11.5. The van der Waals surface area contributed by atoms with Gasteiger partial charge in [0.2, 0.25) is 0 Å². The van der Waals surface area contributed by atoms with E-state index in [9.17, 15) is 0 Å². The van der Waals surface area contributed by atoms with Crippen molar-refractivity contribution in [1.29, 1.82) is 0 Å². The normalized spacial score (nSPS) is 24.3. The summed E-state index contributed by atoms with van der Waals surface area (Å²) in [5, 5.41) is 0. The lowest BCUT2D eigenvalue weighted by Crippen LogP contribution is -2.20. The molecule has 10 rings (SSSR count). The molecule has 4 aliphatic heterocycles. The fraction of sp³-hybridized carbons (Fsp3) is 0.143. The molecule has 2 atom stereocenters. The summed E-state index contributed by atoms with van der Waals surface area (Å²) in [4.78, 5) is 17.5. The zero-order valence-corrected chi connectivity index (χ0v) is 25.1. The molecule has 0 N–H and O–H groups in total. The quantitative estimate of drug-likeness (QED) is 0.179. The number of hydrogen-bond donors (Lipinski definition) is 0. The zero-order chi connectivity index (χ0) is 23.4. The number of fused-ring (bicyclic) bond motifs is 6. The fourth-order valence-corrected chi connectivity index (χ4v) is 16.1. The molecule has 0 fully saturated rings. The van der Waals surface area contributed by atoms with Crippen molar-refractivity contribution in [2.24, 2.45) is 11.8 Å². The second-order valence-corrected chi connectivity index (χ2v) is 18.3. The third-order valence-electron chi connectivity index (χ3n) is 7.01. The van der Waals surface area contributed by atoms with E-state index in [2.05, 4.69) is 84.2 Å². The molecule has 176 valence electrons. The first-order chi connectivity index (χ1) is 17.7. The molecule has 0 saturated heterocycles. The van der Waals surface area contributed by atoms with E-state index in [0.717, 1.165) is 0 Å². The van der Waals surface area contributed by atoms with Gasteiger partial charge in [-0.1, -0.05) is 118 Å². The van der Waals surface area contributed by atoms with E-state index in [0.29, 0.717) is 11.8 Å². The second-order valence-electron chi connectivity index (χ2n) is 9.23. The van der Waals surface area contributed by atoms with Crippen LogP contribution in [0.1, 0.15) is 12.8 Å². The molecule has 0 aromatic heterocycles. The van der Waals surface area contributed by atoms with Crippen LogP contribution in [0.25, 0.3) is 0 Å². The van der Waals surface area contributed by atoms with Crippen molar-refractivity contribution < 1.29 is 0 Å². The lowest BCUT2D eigenvalue weighted by molar-refractivity contribution is 0.516. The molecular formula is C28H16S8. The number of thioether (sulfide) groups is 6. The lowest BCUT2D eigenvalue weighted by Gasteiger charge is -2.38. The molecule has 2 bridgehead atoms. The first kappa shape index (κ1) is 22.5. The SMILES string of the molecule is C1=CC2CCC1C1=C2Sc2cc3c(cc2S1)SC(=C1Sc2cc4c(cc2S1)Sc1ccccc1S4)S3. The Labute approximate surface area is 244 Å². The van der Waals surface area contributed by atoms with Gasteiger partial charge in [0.05, 0.1) is 8.47 Å². The summed E-state index contributed by atoms with van der Waals surface area (Å²) in [6, 6.07) is 18.6. The molecule has 7 aliphatic rings. The van der Waals surface area contributed by atoms with Crippen molar-refractivity contribution in [3.63, 3.8) is 0 Å². The lowest BCUT2D eigenvalue weighted by atomic mass is 9.81. The van der Waals surface area contributed by atoms with Crippen LogP contribution in [0.15, 0.2) is 128 Å².